The van der Waals surface area contributed by atoms with Gasteiger partial charge in [0.25, 0.3) is 0 Å². The van der Waals surface area contributed by atoms with Gasteiger partial charge in [0.1, 0.15) is 0 Å². The second-order valence-electron chi connectivity index (χ2n) is 2.99. The van der Waals surface area contributed by atoms with Crippen molar-refractivity contribution in [1.29, 1.82) is 0 Å². The number of allylic oxidation sites excluding steroid dienone is 5. The molecule has 1 aromatic carbocycles. The summed E-state index contributed by atoms with van der Waals surface area (Å²) >= 11 is 0. The Labute approximate surface area is 102 Å². The zero-order valence-corrected chi connectivity index (χ0v) is 9.81. The van der Waals surface area contributed by atoms with Crippen LogP contribution < -0.4 is 0 Å². The second kappa shape index (κ2) is 8.22. The van der Waals surface area contributed by atoms with Gasteiger partial charge in [0.2, 0.25) is 0 Å². The molecule has 0 heterocycles. The van der Waals surface area contributed by atoms with Crippen molar-refractivity contribution in [1.82, 2.24) is 0 Å². The van der Waals surface area contributed by atoms with Crippen LogP contribution in [-0.4, -0.2) is 5.11 Å². The summed E-state index contributed by atoms with van der Waals surface area (Å²) in [5.74, 6) is 0. The van der Waals surface area contributed by atoms with Gasteiger partial charge in [0.15, 0.2) is 0 Å². The number of aryl methyl sites for hydroxylation is 1. The fourth-order valence-electron chi connectivity index (χ4n) is 1.12. The summed E-state index contributed by atoms with van der Waals surface area (Å²) in [4.78, 5) is 0. The van der Waals surface area contributed by atoms with Crippen molar-refractivity contribution >= 4 is 0 Å². The SMILES string of the molecule is CC[c-]1cccc1.OC=C1C=CC=C1.[Fe]. The van der Waals surface area contributed by atoms with E-state index in [-0.39, 0.29) is 17.1 Å². The molecule has 0 saturated heterocycles. The van der Waals surface area contributed by atoms with Crippen molar-refractivity contribution in [2.75, 3.05) is 0 Å². The molecular formula is C13H15FeO-. The molecule has 1 N–H and O–H groups in total. The number of hydrogen-bond donors (Lipinski definition) is 1. The summed E-state index contributed by atoms with van der Waals surface area (Å²) in [6, 6.07) is 8.41. The van der Waals surface area contributed by atoms with E-state index in [4.69, 9.17) is 5.11 Å². The quantitative estimate of drug-likeness (QED) is 0.454. The first-order valence-corrected chi connectivity index (χ1v) is 4.76. The molecule has 0 aromatic heterocycles. The smallest absolute Gasteiger partial charge is 0.0864 e. The van der Waals surface area contributed by atoms with E-state index in [2.05, 4.69) is 31.2 Å². The molecule has 1 aliphatic rings. The van der Waals surface area contributed by atoms with Gasteiger partial charge in [-0.1, -0.05) is 37.6 Å². The minimum Gasteiger partial charge on any atom is -0.515 e. The molecule has 2 rings (SSSR count). The predicted molar refractivity (Wildman–Crippen MR) is 60.4 cm³/mol. The first kappa shape index (κ1) is 13.9. The molecule has 2 heteroatoms. The molecular weight excluding hydrogens is 228 g/mol. The van der Waals surface area contributed by atoms with E-state index in [0.29, 0.717) is 0 Å². The summed E-state index contributed by atoms with van der Waals surface area (Å²) in [5, 5.41) is 8.30. The van der Waals surface area contributed by atoms with Crippen molar-refractivity contribution < 1.29 is 22.2 Å². The summed E-state index contributed by atoms with van der Waals surface area (Å²) in [7, 11) is 0. The van der Waals surface area contributed by atoms with E-state index in [9.17, 15) is 0 Å². The van der Waals surface area contributed by atoms with Gasteiger partial charge in [-0.2, -0.15) is 17.7 Å². The Bertz CT molecular complexity index is 317. The topological polar surface area (TPSA) is 20.2 Å². The van der Waals surface area contributed by atoms with Gasteiger partial charge in [-0.05, 0) is 0 Å². The van der Waals surface area contributed by atoms with Gasteiger partial charge < -0.3 is 5.11 Å². The van der Waals surface area contributed by atoms with E-state index in [1.165, 1.54) is 5.56 Å². The van der Waals surface area contributed by atoms with Gasteiger partial charge >= 0.3 is 0 Å². The maximum Gasteiger partial charge on any atom is 0.0864 e. The Morgan fingerprint density at radius 1 is 1.20 bits per heavy atom. The van der Waals surface area contributed by atoms with Crippen molar-refractivity contribution in [3.63, 3.8) is 0 Å². The minimum absolute atomic E-state index is 0. The van der Waals surface area contributed by atoms with Gasteiger partial charge in [-0.15, -0.1) is 0 Å². The number of aliphatic hydroxyl groups is 1. The first-order valence-electron chi connectivity index (χ1n) is 4.76. The number of rotatable bonds is 1. The molecule has 0 saturated carbocycles. The number of hydrogen-bond acceptors (Lipinski definition) is 1. The van der Waals surface area contributed by atoms with Crippen molar-refractivity contribution in [2.24, 2.45) is 0 Å². The van der Waals surface area contributed by atoms with E-state index < -0.39 is 0 Å². The van der Waals surface area contributed by atoms with Gasteiger partial charge in [-0.3, -0.25) is 0 Å². The summed E-state index contributed by atoms with van der Waals surface area (Å²) in [6.45, 7) is 2.16. The molecule has 1 aliphatic carbocycles. The Balaban J connectivity index is 0.000000245. The molecule has 0 unspecified atom stereocenters. The van der Waals surface area contributed by atoms with E-state index in [1.807, 2.05) is 24.3 Å². The molecule has 1 nitrogen and oxygen atoms in total. The summed E-state index contributed by atoms with van der Waals surface area (Å²) in [5.41, 5.74) is 2.29. The average Bonchev–Trinajstić information content (AvgIpc) is 2.92. The molecule has 0 bridgehead atoms. The fraction of sp³-hybridized carbons (Fsp3) is 0.154. The van der Waals surface area contributed by atoms with Crippen LogP contribution in [0, 0.1) is 0 Å². The van der Waals surface area contributed by atoms with Gasteiger partial charge in [-0.25, -0.2) is 12.1 Å². The third kappa shape index (κ3) is 5.36. The van der Waals surface area contributed by atoms with E-state index in [0.717, 1.165) is 18.3 Å². The molecule has 15 heavy (non-hydrogen) atoms. The van der Waals surface area contributed by atoms with E-state index in [1.54, 1.807) is 0 Å². The van der Waals surface area contributed by atoms with Crippen LogP contribution in [0.4, 0.5) is 0 Å². The van der Waals surface area contributed by atoms with Gasteiger partial charge in [0.05, 0.1) is 6.26 Å². The average molecular weight is 243 g/mol. The largest absolute Gasteiger partial charge is 0.515 e. The van der Waals surface area contributed by atoms with Crippen LogP contribution >= 0.6 is 0 Å². The van der Waals surface area contributed by atoms with Crippen molar-refractivity contribution in [3.05, 3.63) is 66.0 Å². The number of aliphatic hydroxyl groups excluding tert-OH is 1. The maximum atomic E-state index is 8.30. The summed E-state index contributed by atoms with van der Waals surface area (Å²) < 4.78 is 0. The second-order valence-corrected chi connectivity index (χ2v) is 2.99. The molecule has 0 fully saturated rings. The predicted octanol–water partition coefficient (Wildman–Crippen LogP) is 3.52. The molecule has 0 radical (unpaired) electrons. The van der Waals surface area contributed by atoms with Gasteiger partial charge in [0, 0.05) is 22.6 Å². The third-order valence-electron chi connectivity index (χ3n) is 1.98. The molecule has 0 atom stereocenters. The van der Waals surface area contributed by atoms with E-state index >= 15 is 0 Å². The van der Waals surface area contributed by atoms with Crippen LogP contribution in [-0.2, 0) is 23.5 Å². The normalized spacial score (nSPS) is 11.7. The molecule has 0 spiro atoms. The molecule has 1 aromatic rings. The minimum atomic E-state index is 0. The Morgan fingerprint density at radius 3 is 2.00 bits per heavy atom. The van der Waals surface area contributed by atoms with Crippen LogP contribution in [0.1, 0.15) is 12.5 Å². The maximum absolute atomic E-state index is 8.30. The third-order valence-corrected chi connectivity index (χ3v) is 1.98. The zero-order valence-electron chi connectivity index (χ0n) is 8.70. The summed E-state index contributed by atoms with van der Waals surface area (Å²) in [6.07, 6.45) is 9.66. The first-order chi connectivity index (χ1) is 6.86. The fourth-order valence-corrected chi connectivity index (χ4v) is 1.12. The van der Waals surface area contributed by atoms with Crippen molar-refractivity contribution in [2.45, 2.75) is 13.3 Å². The Morgan fingerprint density at radius 2 is 1.73 bits per heavy atom. The Kier molecular flexibility index (Phi) is 7.61. The molecule has 0 amide bonds. The van der Waals surface area contributed by atoms with Crippen LogP contribution in [0.5, 0.6) is 0 Å². The standard InChI is InChI=1S/C7H9.C6H6O.Fe/c1-2-7-5-3-4-6-7;7-5-6-3-1-2-4-6;/h3-6H,2H2,1H3;1-5,7H;/q-1;;. The van der Waals surface area contributed by atoms with Crippen LogP contribution in [0.15, 0.2) is 60.4 Å². The van der Waals surface area contributed by atoms with Crippen LogP contribution in [0.25, 0.3) is 0 Å². The zero-order chi connectivity index (χ0) is 10.2. The van der Waals surface area contributed by atoms with Crippen molar-refractivity contribution in [3.8, 4) is 0 Å². The van der Waals surface area contributed by atoms with Crippen LogP contribution in [0.3, 0.4) is 0 Å². The monoisotopic (exact) mass is 243 g/mol. The Hall–Kier alpha value is -1.11. The molecule has 0 aliphatic heterocycles. The molecule has 82 valence electrons. The van der Waals surface area contributed by atoms with Crippen LogP contribution in [0.2, 0.25) is 0 Å².